The van der Waals surface area contributed by atoms with Gasteiger partial charge in [-0.1, -0.05) is 42.5 Å². The van der Waals surface area contributed by atoms with E-state index >= 15 is 0 Å². The number of esters is 1. The molecule has 0 heterocycles. The van der Waals surface area contributed by atoms with Crippen molar-refractivity contribution in [2.24, 2.45) is 0 Å². The number of ether oxygens (including phenoxy) is 1. The molecule has 0 aliphatic heterocycles. The van der Waals surface area contributed by atoms with E-state index in [4.69, 9.17) is 4.74 Å². The van der Waals surface area contributed by atoms with Gasteiger partial charge in [-0.05, 0) is 30.0 Å². The molecule has 2 rings (SSSR count). The normalized spacial score (nSPS) is 10.2. The fourth-order valence-electron chi connectivity index (χ4n) is 2.06. The highest BCUT2D eigenvalue weighted by Crippen LogP contribution is 2.23. The molecule has 98 valence electrons. The molecule has 0 saturated carbocycles. The van der Waals surface area contributed by atoms with Crippen molar-refractivity contribution in [3.05, 3.63) is 65.2 Å². The van der Waals surface area contributed by atoms with Gasteiger partial charge in [-0.3, -0.25) is 0 Å². The summed E-state index contributed by atoms with van der Waals surface area (Å²) in [4.78, 5) is 11.7. The second kappa shape index (κ2) is 6.05. The molecule has 2 aromatic carbocycles. The van der Waals surface area contributed by atoms with E-state index in [2.05, 4.69) is 0 Å². The van der Waals surface area contributed by atoms with Crippen LogP contribution in [0.15, 0.2) is 48.5 Å². The number of aryl methyl sites for hydroxylation is 2. The van der Waals surface area contributed by atoms with E-state index in [9.17, 15) is 9.90 Å². The van der Waals surface area contributed by atoms with E-state index in [1.807, 2.05) is 36.4 Å². The van der Waals surface area contributed by atoms with Gasteiger partial charge >= 0.3 is 5.97 Å². The summed E-state index contributed by atoms with van der Waals surface area (Å²) < 4.78 is 4.71. The van der Waals surface area contributed by atoms with E-state index in [1.165, 1.54) is 18.7 Å². The third-order valence-corrected chi connectivity index (χ3v) is 3.04. The van der Waals surface area contributed by atoms with Crippen LogP contribution >= 0.6 is 0 Å². The summed E-state index contributed by atoms with van der Waals surface area (Å²) in [6, 6.07) is 15.1. The molecular weight excluding hydrogens is 240 g/mol. The molecular formula is C16H16O3. The van der Waals surface area contributed by atoms with Gasteiger partial charge < -0.3 is 9.84 Å². The molecule has 0 aliphatic carbocycles. The minimum Gasteiger partial charge on any atom is -0.507 e. The van der Waals surface area contributed by atoms with Crippen molar-refractivity contribution in [2.45, 2.75) is 12.8 Å². The van der Waals surface area contributed by atoms with Crippen molar-refractivity contribution in [1.29, 1.82) is 0 Å². The van der Waals surface area contributed by atoms with Gasteiger partial charge in [0.15, 0.2) is 0 Å². The van der Waals surface area contributed by atoms with Gasteiger partial charge in [-0.15, -0.1) is 0 Å². The molecule has 0 amide bonds. The van der Waals surface area contributed by atoms with E-state index in [0.717, 1.165) is 12.0 Å². The maximum absolute atomic E-state index is 11.7. The zero-order valence-electron chi connectivity index (χ0n) is 10.8. The molecule has 0 fully saturated rings. The Morgan fingerprint density at radius 2 is 1.79 bits per heavy atom. The lowest BCUT2D eigenvalue weighted by Gasteiger charge is -2.09. The largest absolute Gasteiger partial charge is 0.507 e. The molecule has 3 heteroatoms. The van der Waals surface area contributed by atoms with Gasteiger partial charge in [0.1, 0.15) is 11.3 Å². The van der Waals surface area contributed by atoms with E-state index in [1.54, 1.807) is 6.07 Å². The van der Waals surface area contributed by atoms with Gasteiger partial charge in [-0.2, -0.15) is 0 Å². The van der Waals surface area contributed by atoms with Gasteiger partial charge in [0.2, 0.25) is 0 Å². The third-order valence-electron chi connectivity index (χ3n) is 3.04. The summed E-state index contributed by atoms with van der Waals surface area (Å²) >= 11 is 0. The first-order valence-electron chi connectivity index (χ1n) is 6.15. The average Bonchev–Trinajstić information content (AvgIpc) is 2.45. The molecule has 0 unspecified atom stereocenters. The van der Waals surface area contributed by atoms with Crippen molar-refractivity contribution in [3.8, 4) is 5.75 Å². The lowest BCUT2D eigenvalue weighted by atomic mass is 9.99. The molecule has 3 nitrogen and oxygen atoms in total. The minimum atomic E-state index is -0.499. The fourth-order valence-corrected chi connectivity index (χ4v) is 2.06. The summed E-state index contributed by atoms with van der Waals surface area (Å²) in [5.74, 6) is -0.529. The maximum atomic E-state index is 11.7. The number of carbonyl (C=O) groups is 1. The van der Waals surface area contributed by atoms with Crippen LogP contribution in [0.25, 0.3) is 0 Å². The Bertz CT molecular complexity index is 561. The van der Waals surface area contributed by atoms with Crippen molar-refractivity contribution in [1.82, 2.24) is 0 Å². The number of methoxy groups -OCH3 is 1. The van der Waals surface area contributed by atoms with Gasteiger partial charge in [0.05, 0.1) is 7.11 Å². The topological polar surface area (TPSA) is 46.5 Å². The zero-order chi connectivity index (χ0) is 13.7. The number of aromatic hydroxyl groups is 1. The second-order valence-corrected chi connectivity index (χ2v) is 4.29. The molecule has 2 aromatic rings. The van der Waals surface area contributed by atoms with Crippen LogP contribution in [0, 0.1) is 0 Å². The molecule has 0 aromatic heterocycles. The lowest BCUT2D eigenvalue weighted by molar-refractivity contribution is 0.0596. The fraction of sp³-hybridized carbons (Fsp3) is 0.188. The van der Waals surface area contributed by atoms with Crippen LogP contribution < -0.4 is 0 Å². The number of hydrogen-bond donors (Lipinski definition) is 1. The van der Waals surface area contributed by atoms with Crippen LogP contribution in [0.4, 0.5) is 0 Å². The van der Waals surface area contributed by atoms with Crippen LogP contribution in [-0.2, 0) is 17.6 Å². The first kappa shape index (κ1) is 13.1. The summed E-state index contributed by atoms with van der Waals surface area (Å²) in [5.41, 5.74) is 2.26. The maximum Gasteiger partial charge on any atom is 0.341 e. The number of carbonyl (C=O) groups excluding carboxylic acids is 1. The minimum absolute atomic E-state index is 0.0302. The second-order valence-electron chi connectivity index (χ2n) is 4.29. The Kier molecular flexibility index (Phi) is 4.18. The van der Waals surface area contributed by atoms with Crippen LogP contribution in [0.2, 0.25) is 0 Å². The van der Waals surface area contributed by atoms with Crippen molar-refractivity contribution in [2.75, 3.05) is 7.11 Å². The van der Waals surface area contributed by atoms with Crippen LogP contribution in [0.5, 0.6) is 5.75 Å². The van der Waals surface area contributed by atoms with Crippen LogP contribution in [0.3, 0.4) is 0 Å². The third kappa shape index (κ3) is 3.13. The highest BCUT2D eigenvalue weighted by Gasteiger charge is 2.16. The van der Waals surface area contributed by atoms with E-state index in [-0.39, 0.29) is 11.3 Å². The number of phenolic OH excluding ortho intramolecular Hbond substituents is 1. The van der Waals surface area contributed by atoms with Gasteiger partial charge in [-0.25, -0.2) is 4.79 Å². The van der Waals surface area contributed by atoms with E-state index in [0.29, 0.717) is 6.42 Å². The zero-order valence-corrected chi connectivity index (χ0v) is 10.8. The highest BCUT2D eigenvalue weighted by atomic mass is 16.5. The highest BCUT2D eigenvalue weighted by molar-refractivity contribution is 5.94. The molecule has 0 radical (unpaired) electrons. The first-order chi connectivity index (χ1) is 9.22. The SMILES string of the molecule is COC(=O)c1c(O)cccc1CCc1ccccc1. The number of rotatable bonds is 4. The Hall–Kier alpha value is -2.29. The number of phenols is 1. The van der Waals surface area contributed by atoms with Crippen molar-refractivity contribution < 1.29 is 14.6 Å². The van der Waals surface area contributed by atoms with Crippen molar-refractivity contribution >= 4 is 5.97 Å². The number of hydrogen-bond acceptors (Lipinski definition) is 3. The monoisotopic (exact) mass is 256 g/mol. The molecule has 0 spiro atoms. The summed E-state index contributed by atoms with van der Waals surface area (Å²) in [6.45, 7) is 0. The molecule has 0 aliphatic rings. The van der Waals surface area contributed by atoms with Crippen molar-refractivity contribution in [3.63, 3.8) is 0 Å². The predicted octanol–water partition coefficient (Wildman–Crippen LogP) is 2.96. The standard InChI is InChI=1S/C16H16O3/c1-19-16(18)15-13(8-5-9-14(15)17)11-10-12-6-3-2-4-7-12/h2-9,17H,10-11H2,1H3. The first-order valence-corrected chi connectivity index (χ1v) is 6.15. The number of benzene rings is 2. The summed E-state index contributed by atoms with van der Waals surface area (Å²) in [6.07, 6.45) is 1.50. The molecule has 1 N–H and O–H groups in total. The quantitative estimate of drug-likeness (QED) is 0.855. The Labute approximate surface area is 112 Å². The van der Waals surface area contributed by atoms with Gasteiger partial charge in [0.25, 0.3) is 0 Å². The molecule has 0 bridgehead atoms. The smallest absolute Gasteiger partial charge is 0.341 e. The predicted molar refractivity (Wildman–Crippen MR) is 73.3 cm³/mol. The summed E-state index contributed by atoms with van der Waals surface area (Å²) in [7, 11) is 1.32. The van der Waals surface area contributed by atoms with Gasteiger partial charge in [0, 0.05) is 0 Å². The average molecular weight is 256 g/mol. The van der Waals surface area contributed by atoms with Crippen LogP contribution in [-0.4, -0.2) is 18.2 Å². The van der Waals surface area contributed by atoms with Crippen LogP contribution in [0.1, 0.15) is 21.5 Å². The Morgan fingerprint density at radius 1 is 1.05 bits per heavy atom. The Balaban J connectivity index is 2.21. The molecule has 0 atom stereocenters. The molecule has 0 saturated heterocycles. The Morgan fingerprint density at radius 3 is 2.47 bits per heavy atom. The molecule has 19 heavy (non-hydrogen) atoms. The lowest BCUT2D eigenvalue weighted by Crippen LogP contribution is -2.07. The van der Waals surface area contributed by atoms with E-state index < -0.39 is 5.97 Å². The summed E-state index contributed by atoms with van der Waals surface area (Å²) in [5, 5.41) is 9.79.